The molecule has 2 rings (SSSR count). The summed E-state index contributed by atoms with van der Waals surface area (Å²) >= 11 is 3.22. The molecule has 0 saturated heterocycles. The van der Waals surface area contributed by atoms with Crippen molar-refractivity contribution >= 4 is 32.7 Å². The smallest absolute Gasteiger partial charge is 0.220 e. The number of amides is 1. The first kappa shape index (κ1) is 13.9. The Bertz CT molecular complexity index is 589. The molecule has 1 amide bonds. The highest BCUT2D eigenvalue weighted by Gasteiger charge is 2.05. The van der Waals surface area contributed by atoms with Crippen LogP contribution in [0.25, 0.3) is 10.9 Å². The minimum Gasteiger partial charge on any atom is -0.361 e. The molecule has 4 heteroatoms. The number of benzene rings is 1. The molecule has 0 unspecified atom stereocenters. The number of carbonyl (C=O) groups excluding carboxylic acids is 1. The van der Waals surface area contributed by atoms with Crippen LogP contribution in [0.4, 0.5) is 0 Å². The lowest BCUT2D eigenvalue weighted by atomic mass is 10.1. The summed E-state index contributed by atoms with van der Waals surface area (Å²) in [6.45, 7) is 4.17. The second kappa shape index (κ2) is 6.57. The highest BCUT2D eigenvalue weighted by atomic mass is 79.9. The topological polar surface area (TPSA) is 44.9 Å². The molecule has 0 fully saturated rings. The molecule has 0 aliphatic heterocycles. The van der Waals surface area contributed by atoms with Crippen LogP contribution in [0.2, 0.25) is 0 Å². The minimum absolute atomic E-state index is 0.0699. The predicted octanol–water partition coefficient (Wildman–Crippen LogP) is 3.52. The maximum absolute atomic E-state index is 11.6. The second-order valence-electron chi connectivity index (χ2n) is 4.51. The number of nitrogens with one attached hydrogen (secondary N) is 2. The van der Waals surface area contributed by atoms with Gasteiger partial charge in [0.25, 0.3) is 0 Å². The third-order valence-corrected chi connectivity index (χ3v) is 3.28. The summed E-state index contributed by atoms with van der Waals surface area (Å²) in [5.41, 5.74) is 2.42. The molecule has 0 atom stereocenters. The predicted molar refractivity (Wildman–Crippen MR) is 82.3 cm³/mol. The Morgan fingerprint density at radius 1 is 1.37 bits per heavy atom. The van der Waals surface area contributed by atoms with Crippen molar-refractivity contribution in [2.45, 2.75) is 19.3 Å². The van der Waals surface area contributed by atoms with Crippen molar-refractivity contribution in [3.05, 3.63) is 47.1 Å². The Hall–Kier alpha value is -1.55. The van der Waals surface area contributed by atoms with Gasteiger partial charge in [0.05, 0.1) is 0 Å². The van der Waals surface area contributed by atoms with E-state index in [1.54, 1.807) is 0 Å². The number of hydrogen-bond donors (Lipinski definition) is 2. The molecular weight excluding hydrogens is 304 g/mol. The maximum atomic E-state index is 11.6. The van der Waals surface area contributed by atoms with Crippen molar-refractivity contribution in [3.63, 3.8) is 0 Å². The normalized spacial score (nSPS) is 10.6. The number of H-pyrrole nitrogens is 1. The van der Waals surface area contributed by atoms with Crippen LogP contribution in [0, 0.1) is 0 Å². The zero-order chi connectivity index (χ0) is 13.7. The third kappa shape index (κ3) is 3.96. The van der Waals surface area contributed by atoms with Gasteiger partial charge in [0.15, 0.2) is 0 Å². The van der Waals surface area contributed by atoms with Crippen molar-refractivity contribution in [1.29, 1.82) is 0 Å². The first-order chi connectivity index (χ1) is 9.16. The Labute approximate surface area is 121 Å². The summed E-state index contributed by atoms with van der Waals surface area (Å²) in [6, 6.07) is 8.22. The van der Waals surface area contributed by atoms with Crippen LogP contribution in [0.1, 0.15) is 18.4 Å². The highest BCUT2D eigenvalue weighted by Crippen LogP contribution is 2.19. The zero-order valence-corrected chi connectivity index (χ0v) is 12.3. The van der Waals surface area contributed by atoms with E-state index in [4.69, 9.17) is 0 Å². The van der Waals surface area contributed by atoms with Crippen LogP contribution in [0.5, 0.6) is 0 Å². The Kier molecular flexibility index (Phi) is 4.80. The van der Waals surface area contributed by atoms with E-state index in [1.165, 1.54) is 10.9 Å². The fraction of sp³-hybridized carbons (Fsp3) is 0.267. The quantitative estimate of drug-likeness (QED) is 0.840. The lowest BCUT2D eigenvalue weighted by Gasteiger charge is -2.03. The molecular formula is C15H17BrN2O. The van der Waals surface area contributed by atoms with E-state index in [2.05, 4.69) is 44.9 Å². The highest BCUT2D eigenvalue weighted by molar-refractivity contribution is 9.11. The average molecular weight is 321 g/mol. The Morgan fingerprint density at radius 2 is 2.16 bits per heavy atom. The van der Waals surface area contributed by atoms with Gasteiger partial charge in [-0.2, -0.15) is 0 Å². The number of aromatic nitrogens is 1. The Morgan fingerprint density at radius 3 is 2.95 bits per heavy atom. The number of halogens is 1. The van der Waals surface area contributed by atoms with E-state index in [1.807, 2.05) is 18.3 Å². The largest absolute Gasteiger partial charge is 0.361 e. The van der Waals surface area contributed by atoms with Gasteiger partial charge in [-0.05, 0) is 24.5 Å². The maximum Gasteiger partial charge on any atom is 0.220 e. The molecule has 0 saturated carbocycles. The Balaban J connectivity index is 1.83. The second-order valence-corrected chi connectivity index (χ2v) is 5.63. The molecule has 0 aliphatic carbocycles. The van der Waals surface area contributed by atoms with Crippen LogP contribution in [-0.2, 0) is 11.2 Å². The van der Waals surface area contributed by atoms with Crippen LogP contribution in [0.15, 0.2) is 41.5 Å². The number of aromatic amines is 1. The number of aryl methyl sites for hydroxylation is 1. The summed E-state index contributed by atoms with van der Waals surface area (Å²) in [7, 11) is 0. The molecule has 0 spiro atoms. The van der Waals surface area contributed by atoms with E-state index in [-0.39, 0.29) is 5.91 Å². The van der Waals surface area contributed by atoms with Gasteiger partial charge in [0.2, 0.25) is 5.91 Å². The van der Waals surface area contributed by atoms with Crippen LogP contribution >= 0.6 is 15.9 Å². The molecule has 0 bridgehead atoms. The number of carbonyl (C=O) groups is 1. The van der Waals surface area contributed by atoms with Gasteiger partial charge < -0.3 is 10.3 Å². The molecule has 1 aromatic heterocycles. The van der Waals surface area contributed by atoms with Gasteiger partial charge in [-0.3, -0.25) is 4.79 Å². The standard InChI is InChI=1S/C15H17BrN2O/c1-11(16)9-18-15(19)8-4-5-12-10-17-14-7-3-2-6-13(12)14/h2-3,6-7,10,17H,1,4-5,8-9H2,(H,18,19). The molecule has 1 aromatic carbocycles. The van der Waals surface area contributed by atoms with Crippen molar-refractivity contribution in [2.24, 2.45) is 0 Å². The van der Waals surface area contributed by atoms with E-state index in [0.717, 1.165) is 22.8 Å². The molecule has 19 heavy (non-hydrogen) atoms. The summed E-state index contributed by atoms with van der Waals surface area (Å²) in [4.78, 5) is 14.8. The van der Waals surface area contributed by atoms with Crippen molar-refractivity contribution in [1.82, 2.24) is 10.3 Å². The van der Waals surface area contributed by atoms with Crippen molar-refractivity contribution in [3.8, 4) is 0 Å². The fourth-order valence-corrected chi connectivity index (χ4v) is 2.20. The van der Waals surface area contributed by atoms with E-state index in [9.17, 15) is 4.79 Å². The summed E-state index contributed by atoms with van der Waals surface area (Å²) in [6.07, 6.45) is 4.33. The third-order valence-electron chi connectivity index (χ3n) is 3.00. The molecule has 1 heterocycles. The van der Waals surface area contributed by atoms with Gasteiger partial charge in [-0.1, -0.05) is 40.7 Å². The summed E-state index contributed by atoms with van der Waals surface area (Å²) in [5, 5.41) is 4.05. The average Bonchev–Trinajstić information content (AvgIpc) is 2.80. The number of rotatable bonds is 6. The van der Waals surface area contributed by atoms with Crippen LogP contribution < -0.4 is 5.32 Å². The van der Waals surface area contributed by atoms with Crippen molar-refractivity contribution < 1.29 is 4.79 Å². The molecule has 2 aromatic rings. The van der Waals surface area contributed by atoms with Crippen LogP contribution in [0.3, 0.4) is 0 Å². The van der Waals surface area contributed by atoms with E-state index in [0.29, 0.717) is 13.0 Å². The lowest BCUT2D eigenvalue weighted by molar-refractivity contribution is -0.120. The van der Waals surface area contributed by atoms with Gasteiger partial charge in [0.1, 0.15) is 0 Å². The molecule has 0 aliphatic rings. The van der Waals surface area contributed by atoms with E-state index >= 15 is 0 Å². The monoisotopic (exact) mass is 320 g/mol. The zero-order valence-electron chi connectivity index (χ0n) is 10.7. The van der Waals surface area contributed by atoms with Crippen LogP contribution in [-0.4, -0.2) is 17.4 Å². The minimum atomic E-state index is 0.0699. The lowest BCUT2D eigenvalue weighted by Crippen LogP contribution is -2.24. The van der Waals surface area contributed by atoms with Gasteiger partial charge in [0, 0.05) is 34.5 Å². The first-order valence-corrected chi connectivity index (χ1v) is 7.11. The summed E-state index contributed by atoms with van der Waals surface area (Å²) < 4.78 is 0.789. The van der Waals surface area contributed by atoms with Gasteiger partial charge in [-0.25, -0.2) is 0 Å². The number of para-hydroxylation sites is 1. The first-order valence-electron chi connectivity index (χ1n) is 6.32. The molecule has 100 valence electrons. The number of fused-ring (bicyclic) bond motifs is 1. The van der Waals surface area contributed by atoms with Gasteiger partial charge in [-0.15, -0.1) is 0 Å². The van der Waals surface area contributed by atoms with Gasteiger partial charge >= 0.3 is 0 Å². The fourth-order valence-electron chi connectivity index (χ4n) is 2.06. The SMILES string of the molecule is C=C(Br)CNC(=O)CCCc1c[nH]c2ccccc12. The summed E-state index contributed by atoms with van der Waals surface area (Å²) in [5.74, 6) is 0.0699. The molecule has 3 nitrogen and oxygen atoms in total. The van der Waals surface area contributed by atoms with Crippen molar-refractivity contribution in [2.75, 3.05) is 6.54 Å². The van der Waals surface area contributed by atoms with E-state index < -0.39 is 0 Å². The molecule has 0 radical (unpaired) electrons. The number of hydrogen-bond acceptors (Lipinski definition) is 1. The molecule has 2 N–H and O–H groups in total.